The van der Waals surface area contributed by atoms with Gasteiger partial charge in [-0.05, 0) is 38.0 Å². The summed E-state index contributed by atoms with van der Waals surface area (Å²) in [6, 6.07) is -2.53. The number of benzene rings is 1. The minimum absolute atomic E-state index is 0.0342. The number of rotatable bonds is 30. The zero-order valence-corrected chi connectivity index (χ0v) is 56.0. The predicted molar refractivity (Wildman–Crippen MR) is 332 cm³/mol. The van der Waals surface area contributed by atoms with Crippen LogP contribution in [0.5, 0.6) is 5.75 Å². The predicted octanol–water partition coefficient (Wildman–Crippen LogP) is -7.27. The molecule has 36 nitrogen and oxygen atoms in total. The fourth-order valence-electron chi connectivity index (χ4n) is 12.5. The van der Waals surface area contributed by atoms with Crippen molar-refractivity contribution < 1.29 is 152 Å². The second-order valence-electron chi connectivity index (χ2n) is 25.1. The first kappa shape index (κ1) is 81.2. The number of ether oxygens (including phenoxy) is 13. The highest BCUT2D eigenvalue weighted by Crippen LogP contribution is 2.37. The Morgan fingerprint density at radius 3 is 1.35 bits per heavy atom. The summed E-state index contributed by atoms with van der Waals surface area (Å²) in [4.78, 5) is 65.1. The van der Waals surface area contributed by atoms with Gasteiger partial charge in [0.05, 0.1) is 45.7 Å². The molecule has 1 aromatic carbocycles. The molecule has 0 radical (unpaired) electrons. The van der Waals surface area contributed by atoms with Gasteiger partial charge in [-0.2, -0.15) is 0 Å². The van der Waals surface area contributed by atoms with Gasteiger partial charge in [0.25, 0.3) is 5.91 Å². The lowest BCUT2D eigenvalue weighted by Crippen LogP contribution is -2.72. The largest absolute Gasteiger partial charge is 0.494 e. The molecule has 15 unspecified atom stereocenters. The molecule has 0 aromatic heterocycles. The van der Waals surface area contributed by atoms with Gasteiger partial charge in [-0.3, -0.25) is 24.0 Å². The van der Waals surface area contributed by atoms with E-state index in [1.54, 1.807) is 12.1 Å². The third-order valence-electron chi connectivity index (χ3n) is 17.6. The topological polar surface area (TPSA) is 528 Å². The monoisotopic (exact) mass is 1420 g/mol. The summed E-state index contributed by atoms with van der Waals surface area (Å²) in [6.45, 7) is 3.43. The molecule has 99 heavy (non-hydrogen) atoms. The van der Waals surface area contributed by atoms with Gasteiger partial charge in [0, 0.05) is 53.2 Å². The second-order valence-corrected chi connectivity index (χ2v) is 25.1. The normalized spacial score (nSPS) is 39.4. The lowest BCUT2D eigenvalue weighted by molar-refractivity contribution is -0.368. The van der Waals surface area contributed by atoms with Gasteiger partial charge >= 0.3 is 0 Å². The van der Waals surface area contributed by atoms with E-state index in [9.17, 15) is 90.4 Å². The summed E-state index contributed by atoms with van der Waals surface area (Å²) >= 11 is 0. The molecule has 6 heterocycles. The molecule has 6 aliphatic heterocycles. The van der Waals surface area contributed by atoms with Gasteiger partial charge in [-0.15, -0.1) is 11.8 Å². The Kier molecular flexibility index (Phi) is 31.5. The van der Waals surface area contributed by atoms with Crippen LogP contribution in [0.15, 0.2) is 24.3 Å². The maximum Gasteiger partial charge on any atom is 0.251 e. The lowest BCUT2D eigenvalue weighted by atomic mass is 9.93. The molecule has 6 fully saturated rings. The number of carbonyl (C=O) groups is 5. The van der Waals surface area contributed by atoms with Gasteiger partial charge in [0.15, 0.2) is 37.7 Å². The van der Waals surface area contributed by atoms with Crippen molar-refractivity contribution in [1.29, 1.82) is 0 Å². The summed E-state index contributed by atoms with van der Waals surface area (Å²) in [5.41, 5.74) is 0.0342. The van der Waals surface area contributed by atoms with Gasteiger partial charge < -0.3 is 155 Å². The average Bonchev–Trinajstić information content (AvgIpc) is 0.791. The van der Waals surface area contributed by atoms with E-state index in [0.29, 0.717) is 18.6 Å². The van der Waals surface area contributed by atoms with E-state index in [-0.39, 0.29) is 12.2 Å². The molecule has 0 bridgehead atoms. The smallest absolute Gasteiger partial charge is 0.251 e. The Hall–Kier alpha value is -5.07. The fraction of sp³-hybridized carbons (Fsp3) is 0.794. The zero-order chi connectivity index (χ0) is 72.5. The molecule has 1 aromatic rings. The minimum Gasteiger partial charge on any atom is -0.494 e. The van der Waals surface area contributed by atoms with Crippen LogP contribution in [0.3, 0.4) is 0 Å². The number of methoxy groups -OCH3 is 1. The van der Waals surface area contributed by atoms with Gasteiger partial charge in [-0.25, -0.2) is 0 Å². The van der Waals surface area contributed by atoms with Crippen LogP contribution in [0.1, 0.15) is 96.8 Å². The number of carbonyl (C=O) groups excluding carboxylic acids is 5. The van der Waals surface area contributed by atoms with E-state index in [1.165, 1.54) is 26.2 Å². The Morgan fingerprint density at radius 2 is 0.899 bits per heavy atom. The van der Waals surface area contributed by atoms with E-state index in [2.05, 4.69) is 45.3 Å². The first-order chi connectivity index (χ1) is 47.2. The Labute approximate surface area is 571 Å². The van der Waals surface area contributed by atoms with E-state index in [1.807, 2.05) is 0 Å². The van der Waals surface area contributed by atoms with Crippen LogP contribution in [-0.4, -0.2) is 327 Å². The van der Waals surface area contributed by atoms with Crippen LogP contribution >= 0.6 is 0 Å². The maximum atomic E-state index is 13.9. The lowest BCUT2D eigenvalue weighted by Gasteiger charge is -2.51. The molecule has 30 atom stereocenters. The first-order valence-corrected chi connectivity index (χ1v) is 33.0. The highest BCUT2D eigenvalue weighted by atomic mass is 16.8. The van der Waals surface area contributed by atoms with E-state index in [4.69, 9.17) is 61.6 Å². The Balaban J connectivity index is 1.07. The fourth-order valence-corrected chi connectivity index (χ4v) is 12.5. The molecule has 18 N–H and O–H groups in total. The standard InChI is InChI=1S/C63H99N5O31/c1-8-9-10-11-12-13-14-15-16-20-88-33-19-17-18-32(21-33)57(85)68-40-46(79)45(78)34(22-69)92-59(40)96-52-35(23-70)93-60(41(48(52)81)65-29(4)74)97-53-36(24-71)94-61(42(49(53)82)66-30(5)75)98-54-37(25-72)95-62(43(50(54)83)67-31(6)76)99-55-38(91-58(86)39(47(55)80)64-28(3)73)26-89-63-56(87-7)51(84)44(77)27(2)90-63/h17-19,21,27,34-56,58-63,69-72,77-84,86H,8-12,15-16,20,22-26H2,1-7H3,(H,64,73)(H,65,74)(H,66,75)(H,67,76)(H,68,85)/t27?,34?,35?,36?,37?,38?,39-,40-,41?,42-,43?,44+,45+,46+,47+,48?,49+,50?,51+,52+,53?,54+,55?,56?,58+,59?,60-,61-,62?,63+/m0/s1. The first-order valence-electron chi connectivity index (χ1n) is 33.0. The number of hydrogen-bond donors (Lipinski definition) is 18. The van der Waals surface area contributed by atoms with Crippen LogP contribution in [0.4, 0.5) is 0 Å². The quantitative estimate of drug-likeness (QED) is 0.0251. The van der Waals surface area contributed by atoms with Crippen molar-refractivity contribution >= 4 is 29.5 Å². The summed E-state index contributed by atoms with van der Waals surface area (Å²) in [5.74, 6) is 2.59. The van der Waals surface area contributed by atoms with Gasteiger partial charge in [-0.1, -0.05) is 32.3 Å². The number of amides is 5. The van der Waals surface area contributed by atoms with Crippen LogP contribution < -0.4 is 31.3 Å². The molecule has 5 amide bonds. The molecule has 36 heteroatoms. The number of hydrogen-bond acceptors (Lipinski definition) is 31. The van der Waals surface area contributed by atoms with E-state index >= 15 is 0 Å². The molecule has 7 rings (SSSR count). The number of aliphatic hydroxyl groups excluding tert-OH is 13. The SMILES string of the molecule is CCCCCCC#CCCCOc1cccc(C(=O)N[C@@H]2C(O[C@@H]3C(CO)O[C@@H](OC4C(CO)O[C@@H](O[C@@H]5C(CO)OC(OC6C(CO[C@@H]7OC(C)[C@@H](O)[C@@H](O)C7OC)O[C@@H](O)[C@@H](NC(C)=O)[C@H]6O)C(NC(C)=O)C5O)[C@@H](NC(C)=O)[C@H]4O)C(NC(C)=O)C3O)OC(CO)[C@@H](O)[C@@H]2O)c1. The molecule has 6 aliphatic rings. The van der Waals surface area contributed by atoms with Crippen LogP contribution in [-0.2, 0) is 76.0 Å². The van der Waals surface area contributed by atoms with Crippen molar-refractivity contribution in [1.82, 2.24) is 26.6 Å². The number of unbranched alkanes of at least 4 members (excludes halogenated alkanes) is 5. The van der Waals surface area contributed by atoms with Gasteiger partial charge in [0.2, 0.25) is 23.6 Å². The van der Waals surface area contributed by atoms with Crippen molar-refractivity contribution in [3.05, 3.63) is 29.8 Å². The van der Waals surface area contributed by atoms with Crippen molar-refractivity contribution in [2.45, 2.75) is 270 Å². The van der Waals surface area contributed by atoms with E-state index < -0.39 is 246 Å². The highest BCUT2D eigenvalue weighted by molar-refractivity contribution is 5.94. The van der Waals surface area contributed by atoms with E-state index in [0.717, 1.165) is 59.8 Å². The maximum absolute atomic E-state index is 13.9. The minimum atomic E-state index is -2.07. The molecule has 562 valence electrons. The molecule has 0 spiro atoms. The van der Waals surface area contributed by atoms with Crippen LogP contribution in [0.25, 0.3) is 0 Å². The number of nitrogens with one attached hydrogen (secondary N) is 5. The second kappa shape index (κ2) is 38.4. The molecular formula is C63H99N5O31. The van der Waals surface area contributed by atoms with Crippen LogP contribution in [0.2, 0.25) is 0 Å². The summed E-state index contributed by atoms with van der Waals surface area (Å²) in [5, 5.41) is 158. The number of aliphatic hydroxyl groups is 13. The Morgan fingerprint density at radius 1 is 0.465 bits per heavy atom. The van der Waals surface area contributed by atoms with Gasteiger partial charge in [0.1, 0.15) is 146 Å². The van der Waals surface area contributed by atoms with Crippen LogP contribution in [0, 0.1) is 11.8 Å². The average molecular weight is 1420 g/mol. The van der Waals surface area contributed by atoms with Crippen molar-refractivity contribution in [2.24, 2.45) is 0 Å². The summed E-state index contributed by atoms with van der Waals surface area (Å²) in [7, 11) is 1.21. The molecule has 0 aliphatic carbocycles. The highest BCUT2D eigenvalue weighted by Gasteiger charge is 2.58. The molecule has 0 saturated carbocycles. The van der Waals surface area contributed by atoms with Crippen molar-refractivity contribution in [2.75, 3.05) is 46.8 Å². The third-order valence-corrected chi connectivity index (χ3v) is 17.6. The third kappa shape index (κ3) is 20.9. The Bertz CT molecular complexity index is 2790. The molecular weight excluding hydrogens is 1320 g/mol. The zero-order valence-electron chi connectivity index (χ0n) is 56.0. The molecule has 6 saturated heterocycles. The van der Waals surface area contributed by atoms with Crippen molar-refractivity contribution in [3.63, 3.8) is 0 Å². The summed E-state index contributed by atoms with van der Waals surface area (Å²) in [6.07, 6.45) is -37.0. The van der Waals surface area contributed by atoms with Crippen molar-refractivity contribution in [3.8, 4) is 17.6 Å². The summed E-state index contributed by atoms with van der Waals surface area (Å²) < 4.78 is 77.9.